The van der Waals surface area contributed by atoms with E-state index in [0.29, 0.717) is 6.42 Å². The Morgan fingerprint density at radius 3 is 2.42 bits per heavy atom. The van der Waals surface area contributed by atoms with Crippen LogP contribution in [0, 0.1) is 5.92 Å². The second-order valence-electron chi connectivity index (χ2n) is 5.76. The summed E-state index contributed by atoms with van der Waals surface area (Å²) in [6.45, 7) is 3.48. The summed E-state index contributed by atoms with van der Waals surface area (Å²) in [6, 6.07) is 8.13. The van der Waals surface area contributed by atoms with Crippen molar-refractivity contribution in [3.8, 4) is 0 Å². The predicted molar refractivity (Wildman–Crippen MR) is 98.1 cm³/mol. The monoisotopic (exact) mass is 407 g/mol. The first-order chi connectivity index (χ1) is 11.7. The standard InChI is InChI=1S/C17H20F3N3OS.ClH/c1-3-12(16-23-13(9-25-16)17(18,19)20)22-15(24)10(2)14(21)11-7-5-4-6-8-11;/h4-10,12,14H,3,21H2,1-2H3,(H,22,24);1H. The van der Waals surface area contributed by atoms with Gasteiger partial charge in [0.1, 0.15) is 5.01 Å². The van der Waals surface area contributed by atoms with E-state index in [9.17, 15) is 18.0 Å². The highest BCUT2D eigenvalue weighted by atomic mass is 35.5. The molecule has 3 unspecified atom stereocenters. The molecule has 2 rings (SSSR count). The van der Waals surface area contributed by atoms with Crippen molar-refractivity contribution < 1.29 is 18.0 Å². The number of aromatic nitrogens is 1. The molecule has 1 aromatic heterocycles. The molecular formula is C17H21ClF3N3OS. The van der Waals surface area contributed by atoms with Crippen LogP contribution in [0.1, 0.15) is 48.6 Å². The van der Waals surface area contributed by atoms with Crippen molar-refractivity contribution >= 4 is 29.7 Å². The van der Waals surface area contributed by atoms with Crippen molar-refractivity contribution in [2.24, 2.45) is 11.7 Å². The zero-order valence-electron chi connectivity index (χ0n) is 14.3. The Kier molecular flexibility index (Phi) is 8.05. The van der Waals surface area contributed by atoms with E-state index in [4.69, 9.17) is 5.73 Å². The number of nitrogens with two attached hydrogens (primary N) is 1. The summed E-state index contributed by atoms with van der Waals surface area (Å²) in [5.74, 6) is -0.842. The van der Waals surface area contributed by atoms with Crippen LogP contribution in [0.25, 0.3) is 0 Å². The van der Waals surface area contributed by atoms with Gasteiger partial charge in [-0.2, -0.15) is 13.2 Å². The second-order valence-corrected chi connectivity index (χ2v) is 6.65. The van der Waals surface area contributed by atoms with Gasteiger partial charge in [0, 0.05) is 11.4 Å². The number of hydrogen-bond donors (Lipinski definition) is 2. The maximum absolute atomic E-state index is 12.7. The molecule has 0 radical (unpaired) electrons. The minimum Gasteiger partial charge on any atom is -0.347 e. The molecule has 2 aromatic rings. The molecule has 0 spiro atoms. The average molecular weight is 408 g/mol. The number of halogens is 4. The highest BCUT2D eigenvalue weighted by Gasteiger charge is 2.35. The van der Waals surface area contributed by atoms with E-state index in [1.165, 1.54) is 0 Å². The first kappa shape index (κ1) is 22.4. The van der Waals surface area contributed by atoms with Gasteiger partial charge in [-0.05, 0) is 12.0 Å². The molecule has 0 saturated carbocycles. The predicted octanol–water partition coefficient (Wildman–Crippen LogP) is 4.49. The number of benzene rings is 1. The summed E-state index contributed by atoms with van der Waals surface area (Å²) in [7, 11) is 0. The molecule has 26 heavy (non-hydrogen) atoms. The molecule has 1 heterocycles. The smallest absolute Gasteiger partial charge is 0.347 e. The Bertz CT molecular complexity index is 709. The van der Waals surface area contributed by atoms with Crippen LogP contribution in [0.5, 0.6) is 0 Å². The van der Waals surface area contributed by atoms with Crippen LogP contribution < -0.4 is 11.1 Å². The van der Waals surface area contributed by atoms with Crippen LogP contribution >= 0.6 is 23.7 Å². The third-order valence-electron chi connectivity index (χ3n) is 3.97. The molecular weight excluding hydrogens is 387 g/mol. The Morgan fingerprint density at radius 1 is 1.31 bits per heavy atom. The van der Waals surface area contributed by atoms with Crippen LogP contribution in [0.4, 0.5) is 13.2 Å². The fourth-order valence-electron chi connectivity index (χ4n) is 2.35. The maximum atomic E-state index is 12.7. The van der Waals surface area contributed by atoms with Crippen LogP contribution in [0.2, 0.25) is 0 Å². The third kappa shape index (κ3) is 5.43. The molecule has 3 N–H and O–H groups in total. The van der Waals surface area contributed by atoms with E-state index < -0.39 is 29.9 Å². The van der Waals surface area contributed by atoms with E-state index in [2.05, 4.69) is 10.3 Å². The third-order valence-corrected chi connectivity index (χ3v) is 4.93. The largest absolute Gasteiger partial charge is 0.434 e. The number of nitrogens with one attached hydrogen (secondary N) is 1. The normalized spacial score (nSPS) is 14.8. The maximum Gasteiger partial charge on any atom is 0.434 e. The zero-order chi connectivity index (χ0) is 18.6. The number of rotatable bonds is 6. The first-order valence-corrected chi connectivity index (χ1v) is 8.75. The van der Waals surface area contributed by atoms with E-state index >= 15 is 0 Å². The minimum absolute atomic E-state index is 0. The molecule has 0 fully saturated rings. The Hall–Kier alpha value is -1.64. The summed E-state index contributed by atoms with van der Waals surface area (Å²) in [5.41, 5.74) is 6.02. The van der Waals surface area contributed by atoms with E-state index in [0.717, 1.165) is 22.3 Å². The molecule has 0 aliphatic carbocycles. The van der Waals surface area contributed by atoms with Gasteiger partial charge >= 0.3 is 6.18 Å². The summed E-state index contributed by atoms with van der Waals surface area (Å²) >= 11 is 0.890. The van der Waals surface area contributed by atoms with Gasteiger partial charge in [0.15, 0.2) is 5.69 Å². The van der Waals surface area contributed by atoms with Crippen molar-refractivity contribution in [2.45, 2.75) is 38.5 Å². The van der Waals surface area contributed by atoms with Crippen LogP contribution in [0.15, 0.2) is 35.7 Å². The fraction of sp³-hybridized carbons (Fsp3) is 0.412. The lowest BCUT2D eigenvalue weighted by atomic mass is 9.94. The van der Waals surface area contributed by atoms with Crippen LogP contribution in [0.3, 0.4) is 0 Å². The lowest BCUT2D eigenvalue weighted by Crippen LogP contribution is -2.37. The lowest BCUT2D eigenvalue weighted by molar-refractivity contribution is -0.140. The number of hydrogen-bond acceptors (Lipinski definition) is 4. The molecule has 9 heteroatoms. The van der Waals surface area contributed by atoms with E-state index in [-0.39, 0.29) is 23.3 Å². The Balaban J connectivity index is 0.00000338. The van der Waals surface area contributed by atoms with Gasteiger partial charge in [-0.1, -0.05) is 44.2 Å². The van der Waals surface area contributed by atoms with Crippen molar-refractivity contribution in [1.82, 2.24) is 10.3 Å². The number of carbonyl (C=O) groups is 1. The van der Waals surface area contributed by atoms with Crippen LogP contribution in [-0.4, -0.2) is 10.9 Å². The topological polar surface area (TPSA) is 68.0 Å². The molecule has 1 aromatic carbocycles. The van der Waals surface area contributed by atoms with Gasteiger partial charge in [0.2, 0.25) is 5.91 Å². The number of alkyl halides is 3. The van der Waals surface area contributed by atoms with E-state index in [1.54, 1.807) is 13.8 Å². The van der Waals surface area contributed by atoms with Gasteiger partial charge in [-0.3, -0.25) is 4.79 Å². The average Bonchev–Trinajstić information content (AvgIpc) is 3.09. The zero-order valence-corrected chi connectivity index (χ0v) is 15.9. The van der Waals surface area contributed by atoms with Gasteiger partial charge in [0.25, 0.3) is 0 Å². The summed E-state index contributed by atoms with van der Waals surface area (Å²) in [6.07, 6.45) is -4.05. The van der Waals surface area contributed by atoms with Gasteiger partial charge in [-0.25, -0.2) is 4.98 Å². The Labute approximate surface area is 160 Å². The van der Waals surface area contributed by atoms with Crippen molar-refractivity contribution in [3.63, 3.8) is 0 Å². The highest BCUT2D eigenvalue weighted by molar-refractivity contribution is 7.09. The first-order valence-electron chi connectivity index (χ1n) is 7.87. The highest BCUT2D eigenvalue weighted by Crippen LogP contribution is 2.32. The van der Waals surface area contributed by atoms with Gasteiger partial charge in [-0.15, -0.1) is 23.7 Å². The Morgan fingerprint density at radius 2 is 1.92 bits per heavy atom. The van der Waals surface area contributed by atoms with E-state index in [1.807, 2.05) is 30.3 Å². The molecule has 1 amide bonds. The summed E-state index contributed by atoms with van der Waals surface area (Å²) < 4.78 is 38.1. The number of carbonyl (C=O) groups excluding carboxylic acids is 1. The fourth-order valence-corrected chi connectivity index (χ4v) is 3.31. The summed E-state index contributed by atoms with van der Waals surface area (Å²) in [5, 5.41) is 3.96. The minimum atomic E-state index is -4.49. The van der Waals surface area contributed by atoms with Gasteiger partial charge in [0.05, 0.1) is 12.0 Å². The van der Waals surface area contributed by atoms with Crippen molar-refractivity contribution in [3.05, 3.63) is 52.0 Å². The molecule has 0 saturated heterocycles. The summed E-state index contributed by atoms with van der Waals surface area (Å²) in [4.78, 5) is 16.1. The van der Waals surface area contributed by atoms with Gasteiger partial charge < -0.3 is 11.1 Å². The van der Waals surface area contributed by atoms with Crippen molar-refractivity contribution in [1.29, 1.82) is 0 Å². The number of thiazole rings is 1. The molecule has 3 atom stereocenters. The van der Waals surface area contributed by atoms with Crippen LogP contribution in [-0.2, 0) is 11.0 Å². The molecule has 4 nitrogen and oxygen atoms in total. The SMILES string of the molecule is CCC(NC(=O)C(C)C(N)c1ccccc1)c1nc(C(F)(F)F)cs1.Cl. The molecule has 0 aliphatic rings. The van der Waals surface area contributed by atoms with Crippen molar-refractivity contribution in [2.75, 3.05) is 0 Å². The molecule has 0 bridgehead atoms. The second kappa shape index (κ2) is 9.34. The number of nitrogens with zero attached hydrogens (tertiary/aromatic N) is 1. The molecule has 144 valence electrons. The molecule has 0 aliphatic heterocycles. The number of amides is 1. The quantitative estimate of drug-likeness (QED) is 0.741. The lowest BCUT2D eigenvalue weighted by Gasteiger charge is -2.22.